The number of anilines is 1. The van der Waals surface area contributed by atoms with Crippen molar-refractivity contribution in [2.24, 2.45) is 0 Å². The normalized spacial score (nSPS) is 11.6. The van der Waals surface area contributed by atoms with Crippen LogP contribution in [0.2, 0.25) is 0 Å². The predicted molar refractivity (Wildman–Crippen MR) is 92.6 cm³/mol. The molecule has 2 amide bonds. The number of alkyl halides is 3. The molecule has 0 radical (unpaired) electrons. The predicted octanol–water partition coefficient (Wildman–Crippen LogP) is 4.14. The average Bonchev–Trinajstić information content (AvgIpc) is 2.59. The van der Waals surface area contributed by atoms with Gasteiger partial charge < -0.3 is 10.6 Å². The van der Waals surface area contributed by atoms with Crippen LogP contribution in [0.5, 0.6) is 0 Å². The number of benzene rings is 2. The molecule has 2 N–H and O–H groups in total. The quantitative estimate of drug-likeness (QED) is 0.717. The topological polar surface area (TPSA) is 82.0 Å². The zero-order chi connectivity index (χ0) is 22.9. The van der Waals surface area contributed by atoms with E-state index in [-0.39, 0.29) is 17.8 Å². The van der Waals surface area contributed by atoms with Gasteiger partial charge in [0.2, 0.25) is 5.91 Å². The van der Waals surface area contributed by atoms with Crippen LogP contribution in [0, 0.1) is 28.8 Å². The lowest BCUT2D eigenvalue weighted by Gasteiger charge is -2.25. The number of carbonyl (C=O) groups is 2. The molecule has 0 heterocycles. The minimum absolute atomic E-state index is 0.278. The fraction of sp³-hybridized carbons (Fsp3) is 0.211. The van der Waals surface area contributed by atoms with Gasteiger partial charge in [-0.15, -0.1) is 0 Å². The van der Waals surface area contributed by atoms with Crippen LogP contribution in [0.15, 0.2) is 30.3 Å². The third kappa shape index (κ3) is 4.89. The zero-order valence-corrected chi connectivity index (χ0v) is 15.4. The Morgan fingerprint density at radius 2 is 1.57 bits per heavy atom. The van der Waals surface area contributed by atoms with Gasteiger partial charge in [-0.2, -0.15) is 18.4 Å². The second-order valence-electron chi connectivity index (χ2n) is 6.65. The highest BCUT2D eigenvalue weighted by Crippen LogP contribution is 2.33. The van der Waals surface area contributed by atoms with Crippen LogP contribution in [0.1, 0.15) is 35.3 Å². The van der Waals surface area contributed by atoms with Crippen LogP contribution < -0.4 is 10.6 Å². The van der Waals surface area contributed by atoms with E-state index in [4.69, 9.17) is 5.26 Å². The molecule has 30 heavy (non-hydrogen) atoms. The fourth-order valence-corrected chi connectivity index (χ4v) is 2.40. The van der Waals surface area contributed by atoms with Crippen molar-refractivity contribution in [2.75, 3.05) is 5.32 Å². The highest BCUT2D eigenvalue weighted by atomic mass is 19.4. The van der Waals surface area contributed by atoms with Crippen LogP contribution >= 0.6 is 0 Å². The molecule has 2 aromatic rings. The van der Waals surface area contributed by atoms with Crippen LogP contribution in [-0.4, -0.2) is 17.4 Å². The molecule has 0 saturated heterocycles. The SMILES string of the molecule is CC(C)(NC(=O)c1c(F)cc(F)cc1F)C(=O)Nc1ccc(C#N)c(C(F)(F)F)c1. The van der Waals surface area contributed by atoms with Gasteiger partial charge >= 0.3 is 6.18 Å². The second-order valence-corrected chi connectivity index (χ2v) is 6.65. The molecule has 2 rings (SSSR count). The van der Waals surface area contributed by atoms with E-state index in [2.05, 4.69) is 5.32 Å². The molecule has 0 atom stereocenters. The second kappa shape index (κ2) is 8.06. The number of carbonyl (C=O) groups excluding carboxylic acids is 2. The summed E-state index contributed by atoms with van der Waals surface area (Å²) in [4.78, 5) is 24.6. The van der Waals surface area contributed by atoms with Crippen molar-refractivity contribution in [3.63, 3.8) is 0 Å². The first-order valence-corrected chi connectivity index (χ1v) is 8.16. The molecule has 158 valence electrons. The molecule has 0 saturated carbocycles. The maximum atomic E-state index is 13.7. The summed E-state index contributed by atoms with van der Waals surface area (Å²) >= 11 is 0. The highest BCUT2D eigenvalue weighted by Gasteiger charge is 2.35. The zero-order valence-electron chi connectivity index (χ0n) is 15.4. The third-order valence-electron chi connectivity index (χ3n) is 3.93. The monoisotopic (exact) mass is 429 g/mol. The molecule has 0 bridgehead atoms. The molecular weight excluding hydrogens is 416 g/mol. The Bertz CT molecular complexity index is 1030. The van der Waals surface area contributed by atoms with Gasteiger partial charge in [-0.25, -0.2) is 13.2 Å². The summed E-state index contributed by atoms with van der Waals surface area (Å²) in [6.45, 7) is 2.27. The van der Waals surface area contributed by atoms with E-state index in [1.54, 1.807) is 0 Å². The number of hydrogen-bond donors (Lipinski definition) is 2. The molecular formula is C19H13F6N3O2. The Labute approximate surface area is 166 Å². The minimum atomic E-state index is -4.85. The van der Waals surface area contributed by atoms with Crippen molar-refractivity contribution in [3.05, 3.63) is 64.5 Å². The van der Waals surface area contributed by atoms with Gasteiger partial charge in [0.15, 0.2) is 0 Å². The number of hydrogen-bond acceptors (Lipinski definition) is 3. The Hall–Kier alpha value is -3.55. The van der Waals surface area contributed by atoms with Gasteiger partial charge in [-0.3, -0.25) is 9.59 Å². The van der Waals surface area contributed by atoms with Crippen molar-refractivity contribution in [3.8, 4) is 6.07 Å². The van der Waals surface area contributed by atoms with E-state index >= 15 is 0 Å². The van der Waals surface area contributed by atoms with Crippen molar-refractivity contribution in [2.45, 2.75) is 25.6 Å². The first kappa shape index (κ1) is 22.7. The van der Waals surface area contributed by atoms with Crippen molar-refractivity contribution < 1.29 is 35.9 Å². The van der Waals surface area contributed by atoms with Gasteiger partial charge in [0.1, 0.15) is 28.6 Å². The van der Waals surface area contributed by atoms with E-state index in [9.17, 15) is 35.9 Å². The summed E-state index contributed by atoms with van der Waals surface area (Å²) in [6.07, 6.45) is -4.85. The van der Waals surface area contributed by atoms with Crippen LogP contribution in [0.4, 0.5) is 32.0 Å². The van der Waals surface area contributed by atoms with Crippen molar-refractivity contribution in [1.82, 2.24) is 5.32 Å². The number of nitriles is 1. The van der Waals surface area contributed by atoms with Crippen LogP contribution in [0.3, 0.4) is 0 Å². The Morgan fingerprint density at radius 3 is 2.07 bits per heavy atom. The minimum Gasteiger partial charge on any atom is -0.338 e. The molecule has 0 fully saturated rings. The molecule has 2 aromatic carbocycles. The number of amides is 2. The lowest BCUT2D eigenvalue weighted by Crippen LogP contribution is -2.52. The lowest BCUT2D eigenvalue weighted by atomic mass is 10.0. The van der Waals surface area contributed by atoms with E-state index in [0.29, 0.717) is 6.07 Å². The number of rotatable bonds is 4. The van der Waals surface area contributed by atoms with Gasteiger partial charge in [-0.1, -0.05) is 0 Å². The summed E-state index contributed by atoms with van der Waals surface area (Å²) in [5.41, 5.74) is -5.23. The van der Waals surface area contributed by atoms with Gasteiger partial charge in [0, 0.05) is 17.8 Å². The summed E-state index contributed by atoms with van der Waals surface area (Å²) in [7, 11) is 0. The molecule has 0 unspecified atom stereocenters. The highest BCUT2D eigenvalue weighted by molar-refractivity contribution is 6.03. The summed E-state index contributed by atoms with van der Waals surface area (Å²) in [5.74, 6) is -6.64. The standard InChI is InChI=1S/C19H13F6N3O2/c1-18(2,28-16(29)15-13(21)5-10(20)6-14(15)22)17(30)27-11-4-3-9(8-26)12(7-11)19(23,24)25/h3-7H,1-2H3,(H,27,30)(H,28,29). The summed E-state index contributed by atoms with van der Waals surface area (Å²) in [5, 5.41) is 12.9. The fourth-order valence-electron chi connectivity index (χ4n) is 2.40. The molecule has 11 heteroatoms. The number of nitrogens with zero attached hydrogens (tertiary/aromatic N) is 1. The smallest absolute Gasteiger partial charge is 0.338 e. The van der Waals surface area contributed by atoms with Crippen LogP contribution in [-0.2, 0) is 11.0 Å². The first-order valence-electron chi connectivity index (χ1n) is 8.16. The maximum Gasteiger partial charge on any atom is 0.417 e. The molecule has 0 aliphatic heterocycles. The molecule has 0 aromatic heterocycles. The molecule has 0 aliphatic carbocycles. The van der Waals surface area contributed by atoms with E-state index in [1.165, 1.54) is 6.07 Å². The van der Waals surface area contributed by atoms with Crippen LogP contribution in [0.25, 0.3) is 0 Å². The van der Waals surface area contributed by atoms with Crippen molar-refractivity contribution >= 4 is 17.5 Å². The van der Waals surface area contributed by atoms with Gasteiger partial charge in [0.25, 0.3) is 5.91 Å². The largest absolute Gasteiger partial charge is 0.417 e. The van der Waals surface area contributed by atoms with Gasteiger partial charge in [-0.05, 0) is 32.0 Å². The Morgan fingerprint density at radius 1 is 1.00 bits per heavy atom. The Kier molecular flexibility index (Phi) is 6.11. The summed E-state index contributed by atoms with van der Waals surface area (Å²) in [6, 6.07) is 4.38. The Balaban J connectivity index is 2.25. The van der Waals surface area contributed by atoms with Crippen molar-refractivity contribution in [1.29, 1.82) is 5.26 Å². The summed E-state index contributed by atoms with van der Waals surface area (Å²) < 4.78 is 79.5. The van der Waals surface area contributed by atoms with E-state index < -0.39 is 57.7 Å². The maximum absolute atomic E-state index is 13.7. The third-order valence-corrected chi connectivity index (χ3v) is 3.93. The lowest BCUT2D eigenvalue weighted by molar-refractivity contribution is -0.137. The average molecular weight is 429 g/mol. The molecule has 0 aliphatic rings. The number of halogens is 6. The molecule has 5 nitrogen and oxygen atoms in total. The van der Waals surface area contributed by atoms with E-state index in [1.807, 2.05) is 5.32 Å². The number of nitrogens with one attached hydrogen (secondary N) is 2. The molecule has 0 spiro atoms. The van der Waals surface area contributed by atoms with E-state index in [0.717, 1.165) is 26.0 Å². The van der Waals surface area contributed by atoms with Gasteiger partial charge in [0.05, 0.1) is 17.2 Å². The first-order chi connectivity index (χ1) is 13.8.